The van der Waals surface area contributed by atoms with Gasteiger partial charge < -0.3 is 13.9 Å². The number of hydrogen-bond acceptors (Lipinski definition) is 7. The lowest BCUT2D eigenvalue weighted by Gasteiger charge is -2.12. The van der Waals surface area contributed by atoms with E-state index in [2.05, 4.69) is 15.5 Å². The van der Waals surface area contributed by atoms with Crippen molar-refractivity contribution in [2.75, 3.05) is 12.4 Å². The Labute approximate surface area is 200 Å². The number of hydrazone groups is 1. The number of rotatable bonds is 10. The van der Waals surface area contributed by atoms with Crippen LogP contribution in [0.25, 0.3) is 11.1 Å². The van der Waals surface area contributed by atoms with E-state index < -0.39 is 0 Å². The molecule has 0 radical (unpaired) electrons. The number of halogens is 1. The first-order valence-corrected chi connectivity index (χ1v) is 11.5. The van der Waals surface area contributed by atoms with Gasteiger partial charge in [-0.3, -0.25) is 4.79 Å². The molecular weight excluding hydrogens is 457 g/mol. The van der Waals surface area contributed by atoms with Crippen molar-refractivity contribution in [2.45, 2.75) is 18.8 Å². The van der Waals surface area contributed by atoms with Crippen LogP contribution in [0, 0.1) is 5.82 Å². The number of oxazole rings is 1. The molecule has 4 aromatic rings. The molecular formula is C25H22FN3O4S. The summed E-state index contributed by atoms with van der Waals surface area (Å²) in [6.45, 7) is 2.61. The van der Waals surface area contributed by atoms with Gasteiger partial charge in [0.2, 0.25) is 0 Å². The number of ether oxygens (including phenoxy) is 2. The molecule has 0 unspecified atom stereocenters. The average molecular weight is 480 g/mol. The van der Waals surface area contributed by atoms with E-state index in [4.69, 9.17) is 13.9 Å². The highest BCUT2D eigenvalue weighted by Gasteiger charge is 2.09. The highest BCUT2D eigenvalue weighted by atomic mass is 32.2. The quantitative estimate of drug-likeness (QED) is 0.191. The lowest BCUT2D eigenvalue weighted by Crippen LogP contribution is -2.19. The fourth-order valence-electron chi connectivity index (χ4n) is 2.99. The summed E-state index contributed by atoms with van der Waals surface area (Å²) >= 11 is 1.19. The SMILES string of the molecule is CCOc1cc(C=NNC(=O)CSc2nc3ccccc3o2)ccc1OCc1ccc(F)cc1. The Morgan fingerprint density at radius 1 is 1.12 bits per heavy atom. The minimum Gasteiger partial charge on any atom is -0.490 e. The standard InChI is InChI=1S/C25H22FN3O4S/c1-2-31-23-13-18(9-12-22(23)32-15-17-7-10-19(26)11-8-17)14-27-29-24(30)16-34-25-28-20-5-3-4-6-21(20)33-25/h3-14H,2,15-16H2,1H3,(H,29,30). The van der Waals surface area contributed by atoms with Gasteiger partial charge in [0.05, 0.1) is 18.6 Å². The molecule has 0 aliphatic carbocycles. The first-order valence-electron chi connectivity index (χ1n) is 10.5. The zero-order chi connectivity index (χ0) is 23.8. The molecule has 3 aromatic carbocycles. The molecule has 0 bridgehead atoms. The molecule has 7 nitrogen and oxygen atoms in total. The number of aromatic nitrogens is 1. The van der Waals surface area contributed by atoms with E-state index in [1.165, 1.54) is 30.1 Å². The molecule has 1 N–H and O–H groups in total. The van der Waals surface area contributed by atoms with Gasteiger partial charge in [-0.1, -0.05) is 36.0 Å². The predicted molar refractivity (Wildman–Crippen MR) is 129 cm³/mol. The zero-order valence-corrected chi connectivity index (χ0v) is 19.2. The Bertz CT molecular complexity index is 1260. The van der Waals surface area contributed by atoms with E-state index in [9.17, 15) is 9.18 Å². The summed E-state index contributed by atoms with van der Waals surface area (Å²) < 4.78 is 30.1. The summed E-state index contributed by atoms with van der Waals surface area (Å²) in [6.07, 6.45) is 1.52. The fourth-order valence-corrected chi connectivity index (χ4v) is 3.62. The van der Waals surface area contributed by atoms with Gasteiger partial charge in [0.25, 0.3) is 11.1 Å². The second-order valence-corrected chi connectivity index (χ2v) is 8.01. The van der Waals surface area contributed by atoms with E-state index >= 15 is 0 Å². The number of thioether (sulfide) groups is 1. The molecule has 0 saturated heterocycles. The number of carbonyl (C=O) groups excluding carboxylic acids is 1. The van der Waals surface area contributed by atoms with Crippen LogP contribution in [0.15, 0.2) is 81.5 Å². The highest BCUT2D eigenvalue weighted by Crippen LogP contribution is 2.29. The number of nitrogens with one attached hydrogen (secondary N) is 1. The lowest BCUT2D eigenvalue weighted by molar-refractivity contribution is -0.118. The van der Waals surface area contributed by atoms with Crippen LogP contribution >= 0.6 is 11.8 Å². The average Bonchev–Trinajstić information content (AvgIpc) is 3.27. The number of fused-ring (bicyclic) bond motifs is 1. The third-order valence-electron chi connectivity index (χ3n) is 4.58. The van der Waals surface area contributed by atoms with Crippen LogP contribution in [0.4, 0.5) is 4.39 Å². The third kappa shape index (κ3) is 6.35. The Balaban J connectivity index is 1.31. The number of hydrogen-bond donors (Lipinski definition) is 1. The van der Waals surface area contributed by atoms with Gasteiger partial charge >= 0.3 is 0 Å². The van der Waals surface area contributed by atoms with Crippen LogP contribution in [0.3, 0.4) is 0 Å². The minimum absolute atomic E-state index is 0.116. The molecule has 34 heavy (non-hydrogen) atoms. The Morgan fingerprint density at radius 2 is 1.94 bits per heavy atom. The van der Waals surface area contributed by atoms with Crippen molar-refractivity contribution in [3.63, 3.8) is 0 Å². The maximum atomic E-state index is 13.1. The van der Waals surface area contributed by atoms with Crippen molar-refractivity contribution >= 4 is 35.0 Å². The first kappa shape index (κ1) is 23.3. The van der Waals surface area contributed by atoms with Crippen LogP contribution in [0.2, 0.25) is 0 Å². The van der Waals surface area contributed by atoms with E-state index in [1.807, 2.05) is 31.2 Å². The van der Waals surface area contributed by atoms with Crippen LogP contribution in [-0.2, 0) is 11.4 Å². The van der Waals surface area contributed by atoms with E-state index in [-0.39, 0.29) is 24.1 Å². The second-order valence-electron chi connectivity index (χ2n) is 7.08. The first-order chi connectivity index (χ1) is 16.6. The maximum absolute atomic E-state index is 13.1. The molecule has 0 saturated carbocycles. The molecule has 174 valence electrons. The molecule has 1 heterocycles. The van der Waals surface area contributed by atoms with Crippen LogP contribution in [0.5, 0.6) is 11.5 Å². The summed E-state index contributed by atoms with van der Waals surface area (Å²) in [7, 11) is 0. The van der Waals surface area contributed by atoms with Crippen molar-refractivity contribution in [1.29, 1.82) is 0 Å². The van der Waals surface area contributed by atoms with E-state index in [1.54, 1.807) is 30.3 Å². The van der Waals surface area contributed by atoms with Crippen molar-refractivity contribution in [2.24, 2.45) is 5.10 Å². The molecule has 0 spiro atoms. The monoisotopic (exact) mass is 479 g/mol. The van der Waals surface area contributed by atoms with Crippen molar-refractivity contribution in [3.05, 3.63) is 83.7 Å². The van der Waals surface area contributed by atoms with Gasteiger partial charge in [0, 0.05) is 0 Å². The summed E-state index contributed by atoms with van der Waals surface area (Å²) in [4.78, 5) is 16.4. The van der Waals surface area contributed by atoms with Crippen LogP contribution in [0.1, 0.15) is 18.1 Å². The fraction of sp³-hybridized carbons (Fsp3) is 0.160. The van der Waals surface area contributed by atoms with Gasteiger partial charge in [-0.25, -0.2) is 14.8 Å². The highest BCUT2D eigenvalue weighted by molar-refractivity contribution is 7.99. The summed E-state index contributed by atoms with van der Waals surface area (Å²) in [5.41, 5.74) is 5.49. The molecule has 0 fully saturated rings. The van der Waals surface area contributed by atoms with E-state index in [0.717, 1.165) is 16.6 Å². The maximum Gasteiger partial charge on any atom is 0.257 e. The molecule has 1 aromatic heterocycles. The summed E-state index contributed by atoms with van der Waals surface area (Å²) in [5.74, 6) is 0.644. The van der Waals surface area contributed by atoms with Crippen molar-refractivity contribution in [3.8, 4) is 11.5 Å². The normalized spacial score (nSPS) is 11.1. The summed E-state index contributed by atoms with van der Waals surface area (Å²) in [6, 6.07) is 18.9. The zero-order valence-electron chi connectivity index (χ0n) is 18.4. The largest absolute Gasteiger partial charge is 0.490 e. The third-order valence-corrected chi connectivity index (χ3v) is 5.41. The van der Waals surface area contributed by atoms with Crippen LogP contribution < -0.4 is 14.9 Å². The Kier molecular flexibility index (Phi) is 7.77. The number of amides is 1. The molecule has 0 atom stereocenters. The van der Waals surface area contributed by atoms with Crippen molar-refractivity contribution in [1.82, 2.24) is 10.4 Å². The predicted octanol–water partition coefficient (Wildman–Crippen LogP) is 5.19. The Morgan fingerprint density at radius 3 is 2.74 bits per heavy atom. The molecule has 9 heteroatoms. The minimum atomic E-state index is -0.292. The lowest BCUT2D eigenvalue weighted by atomic mass is 10.2. The molecule has 0 aliphatic rings. The van der Waals surface area contributed by atoms with Gasteiger partial charge in [-0.05, 0) is 60.5 Å². The molecule has 1 amide bonds. The summed E-state index contributed by atoms with van der Waals surface area (Å²) in [5, 5.41) is 4.44. The molecule has 0 aliphatic heterocycles. The van der Waals surface area contributed by atoms with Crippen molar-refractivity contribution < 1.29 is 23.1 Å². The molecule has 4 rings (SSSR count). The van der Waals surface area contributed by atoms with Gasteiger partial charge in [-0.2, -0.15) is 5.10 Å². The number of carbonyl (C=O) groups is 1. The van der Waals surface area contributed by atoms with Gasteiger partial charge in [-0.15, -0.1) is 0 Å². The number of para-hydroxylation sites is 2. The number of benzene rings is 3. The van der Waals surface area contributed by atoms with Crippen LogP contribution in [-0.4, -0.2) is 29.5 Å². The second kappa shape index (κ2) is 11.3. The smallest absolute Gasteiger partial charge is 0.257 e. The van der Waals surface area contributed by atoms with Gasteiger partial charge in [0.15, 0.2) is 17.1 Å². The number of nitrogens with zero attached hydrogens (tertiary/aromatic N) is 2. The van der Waals surface area contributed by atoms with Gasteiger partial charge in [0.1, 0.15) is 17.9 Å². The van der Waals surface area contributed by atoms with E-state index in [0.29, 0.717) is 28.9 Å². The Hall–Kier alpha value is -3.85. The topological polar surface area (TPSA) is 86.0 Å².